The Kier molecular flexibility index (Phi) is 4.55. The van der Waals surface area contributed by atoms with Gasteiger partial charge in [-0.2, -0.15) is 0 Å². The van der Waals surface area contributed by atoms with E-state index in [0.717, 1.165) is 0 Å². The van der Waals surface area contributed by atoms with Gasteiger partial charge in [0, 0.05) is 6.07 Å². The van der Waals surface area contributed by atoms with E-state index in [1.165, 1.54) is 30.5 Å². The molecule has 2 aromatic rings. The van der Waals surface area contributed by atoms with E-state index in [4.69, 9.17) is 14.4 Å². The average Bonchev–Trinajstić information content (AvgIpc) is 2.97. The summed E-state index contributed by atoms with van der Waals surface area (Å²) in [4.78, 5) is 10.4. The highest BCUT2D eigenvalue weighted by Crippen LogP contribution is 2.16. The van der Waals surface area contributed by atoms with Crippen LogP contribution in [0.4, 0.5) is 0 Å². The van der Waals surface area contributed by atoms with Crippen molar-refractivity contribution in [3.63, 3.8) is 0 Å². The smallest absolute Gasteiger partial charge is 0.341 e. The first-order chi connectivity index (χ1) is 9.97. The molecule has 0 amide bonds. The Balaban J connectivity index is 2.01. The summed E-state index contributed by atoms with van der Waals surface area (Å²) in [5.74, 6) is -0.452. The molecule has 1 aromatic carbocycles. The van der Waals surface area contributed by atoms with Crippen LogP contribution >= 0.6 is 0 Å². The van der Waals surface area contributed by atoms with Gasteiger partial charge >= 0.3 is 5.97 Å². The van der Waals surface area contributed by atoms with Crippen molar-refractivity contribution in [1.29, 1.82) is 0 Å². The zero-order valence-electron chi connectivity index (χ0n) is 10.7. The maximum absolute atomic E-state index is 12.0. The van der Waals surface area contributed by atoms with Crippen LogP contribution in [-0.2, 0) is 21.4 Å². The zero-order valence-corrected chi connectivity index (χ0v) is 11.5. The van der Waals surface area contributed by atoms with Gasteiger partial charge in [0.15, 0.2) is 12.4 Å². The summed E-state index contributed by atoms with van der Waals surface area (Å²) in [5.41, 5.74) is 0. The average molecular weight is 312 g/mol. The summed E-state index contributed by atoms with van der Waals surface area (Å²) < 4.78 is 36.0. The molecular weight excluding hydrogens is 300 g/mol. The lowest BCUT2D eigenvalue weighted by Crippen LogP contribution is -2.23. The molecule has 8 nitrogen and oxygen atoms in total. The molecule has 2 rings (SSSR count). The maximum atomic E-state index is 12.0. The fourth-order valence-electron chi connectivity index (χ4n) is 1.44. The number of carboxylic acid groups (broad SMARTS) is 1. The maximum Gasteiger partial charge on any atom is 0.341 e. The molecule has 0 spiro atoms. The van der Waals surface area contributed by atoms with Crippen molar-refractivity contribution in [2.24, 2.45) is 0 Å². The van der Waals surface area contributed by atoms with Crippen molar-refractivity contribution >= 4 is 16.0 Å². The molecule has 0 saturated heterocycles. The van der Waals surface area contributed by atoms with Crippen molar-refractivity contribution in [1.82, 2.24) is 9.88 Å². The molecule has 1 heterocycles. The Morgan fingerprint density at radius 1 is 1.29 bits per heavy atom. The van der Waals surface area contributed by atoms with Crippen LogP contribution in [0.25, 0.3) is 0 Å². The number of nitrogens with zero attached hydrogens (tertiary/aromatic N) is 1. The molecule has 1 aromatic heterocycles. The fourth-order valence-corrected chi connectivity index (χ4v) is 2.44. The van der Waals surface area contributed by atoms with Crippen LogP contribution in [0.15, 0.2) is 45.9 Å². The number of aliphatic carboxylic acids is 1. The van der Waals surface area contributed by atoms with Gasteiger partial charge in [-0.1, -0.05) is 5.16 Å². The number of hydrogen-bond acceptors (Lipinski definition) is 6. The summed E-state index contributed by atoms with van der Waals surface area (Å²) in [6.07, 6.45) is 1.41. The highest BCUT2D eigenvalue weighted by atomic mass is 32.2. The third kappa shape index (κ3) is 4.29. The van der Waals surface area contributed by atoms with E-state index < -0.39 is 22.6 Å². The molecule has 0 fully saturated rings. The number of hydrogen-bond donors (Lipinski definition) is 2. The molecule has 0 atom stereocenters. The molecule has 2 N–H and O–H groups in total. The SMILES string of the molecule is O=C(O)COc1ccc(S(=O)(=O)NCc2ccno2)cc1. The third-order valence-corrected chi connectivity index (χ3v) is 3.84. The molecule has 0 saturated carbocycles. The molecule has 0 aliphatic carbocycles. The number of nitrogens with one attached hydrogen (secondary N) is 1. The predicted molar refractivity (Wildman–Crippen MR) is 70.1 cm³/mol. The Morgan fingerprint density at radius 2 is 2.00 bits per heavy atom. The number of rotatable bonds is 7. The molecule has 0 aliphatic heterocycles. The second-order valence-electron chi connectivity index (χ2n) is 3.96. The number of benzene rings is 1. The lowest BCUT2D eigenvalue weighted by Gasteiger charge is -2.07. The minimum atomic E-state index is -3.69. The first-order valence-electron chi connectivity index (χ1n) is 5.81. The number of ether oxygens (including phenoxy) is 1. The van der Waals surface area contributed by atoms with E-state index in [0.29, 0.717) is 5.76 Å². The number of aromatic nitrogens is 1. The van der Waals surface area contributed by atoms with E-state index >= 15 is 0 Å². The van der Waals surface area contributed by atoms with Gasteiger partial charge < -0.3 is 14.4 Å². The molecule has 112 valence electrons. The van der Waals surface area contributed by atoms with E-state index in [1.54, 1.807) is 6.07 Å². The van der Waals surface area contributed by atoms with E-state index in [2.05, 4.69) is 9.88 Å². The van der Waals surface area contributed by atoms with Crippen LogP contribution in [-0.4, -0.2) is 31.3 Å². The zero-order chi connectivity index (χ0) is 15.3. The highest BCUT2D eigenvalue weighted by Gasteiger charge is 2.14. The van der Waals surface area contributed by atoms with Gasteiger partial charge in [0.2, 0.25) is 10.0 Å². The molecule has 21 heavy (non-hydrogen) atoms. The number of sulfonamides is 1. The van der Waals surface area contributed by atoms with Gasteiger partial charge in [-0.15, -0.1) is 0 Å². The lowest BCUT2D eigenvalue weighted by molar-refractivity contribution is -0.139. The first kappa shape index (κ1) is 15.0. The van der Waals surface area contributed by atoms with Gasteiger partial charge in [-0.3, -0.25) is 0 Å². The van der Waals surface area contributed by atoms with Crippen LogP contribution in [0.1, 0.15) is 5.76 Å². The Labute approximate surface area is 120 Å². The predicted octanol–water partition coefficient (Wildman–Crippen LogP) is 0.616. The van der Waals surface area contributed by atoms with Crippen molar-refractivity contribution in [2.45, 2.75) is 11.4 Å². The van der Waals surface area contributed by atoms with Crippen molar-refractivity contribution in [2.75, 3.05) is 6.61 Å². The second kappa shape index (κ2) is 6.37. The van der Waals surface area contributed by atoms with E-state index in [9.17, 15) is 13.2 Å². The quantitative estimate of drug-likeness (QED) is 0.769. The molecule has 0 radical (unpaired) electrons. The van der Waals surface area contributed by atoms with Gasteiger partial charge in [0.05, 0.1) is 17.6 Å². The molecule has 0 aliphatic rings. The summed E-state index contributed by atoms with van der Waals surface area (Å²) in [6.45, 7) is -0.505. The minimum absolute atomic E-state index is 0.0143. The molecular formula is C12H12N2O6S. The topological polar surface area (TPSA) is 119 Å². The highest BCUT2D eigenvalue weighted by molar-refractivity contribution is 7.89. The van der Waals surface area contributed by atoms with Gasteiger partial charge in [-0.25, -0.2) is 17.9 Å². The fraction of sp³-hybridized carbons (Fsp3) is 0.167. The Hall–Kier alpha value is -2.39. The Morgan fingerprint density at radius 3 is 2.57 bits per heavy atom. The minimum Gasteiger partial charge on any atom is -0.482 e. The van der Waals surface area contributed by atoms with Crippen LogP contribution in [0, 0.1) is 0 Å². The van der Waals surface area contributed by atoms with E-state index in [1.807, 2.05) is 0 Å². The van der Waals surface area contributed by atoms with Crippen LogP contribution in [0.3, 0.4) is 0 Å². The van der Waals surface area contributed by atoms with Gasteiger partial charge in [0.25, 0.3) is 0 Å². The summed E-state index contributed by atoms with van der Waals surface area (Å²) >= 11 is 0. The summed E-state index contributed by atoms with van der Waals surface area (Å²) in [6, 6.07) is 6.95. The summed E-state index contributed by atoms with van der Waals surface area (Å²) in [7, 11) is -3.69. The normalized spacial score (nSPS) is 11.2. The van der Waals surface area contributed by atoms with Crippen molar-refractivity contribution in [3.05, 3.63) is 42.3 Å². The summed E-state index contributed by atoms with van der Waals surface area (Å²) in [5, 5.41) is 11.9. The van der Waals surface area contributed by atoms with Crippen molar-refractivity contribution < 1.29 is 27.6 Å². The van der Waals surface area contributed by atoms with Gasteiger partial charge in [0.1, 0.15) is 5.75 Å². The van der Waals surface area contributed by atoms with Crippen LogP contribution in [0.2, 0.25) is 0 Å². The standard InChI is InChI=1S/C12H12N2O6S/c15-12(16)8-19-9-1-3-11(4-2-9)21(17,18)14-7-10-5-6-13-20-10/h1-6,14H,7-8H2,(H,15,16). The molecule has 9 heteroatoms. The molecule has 0 unspecified atom stereocenters. The van der Waals surface area contributed by atoms with Gasteiger partial charge in [-0.05, 0) is 24.3 Å². The second-order valence-corrected chi connectivity index (χ2v) is 5.72. The first-order valence-corrected chi connectivity index (χ1v) is 7.29. The Bertz CT molecular complexity index is 694. The lowest BCUT2D eigenvalue weighted by atomic mass is 10.3. The third-order valence-electron chi connectivity index (χ3n) is 2.42. The molecule has 0 bridgehead atoms. The largest absolute Gasteiger partial charge is 0.482 e. The van der Waals surface area contributed by atoms with E-state index in [-0.39, 0.29) is 17.2 Å². The van der Waals surface area contributed by atoms with Crippen molar-refractivity contribution in [3.8, 4) is 5.75 Å². The monoisotopic (exact) mass is 312 g/mol. The van der Waals surface area contributed by atoms with Crippen LogP contribution < -0.4 is 9.46 Å². The number of carboxylic acids is 1. The van der Waals surface area contributed by atoms with Crippen LogP contribution in [0.5, 0.6) is 5.75 Å². The number of carbonyl (C=O) groups is 1.